The molecule has 0 aromatic heterocycles. The molecule has 5 aromatic carbocycles. The van der Waals surface area contributed by atoms with E-state index in [2.05, 4.69) is 132 Å². The van der Waals surface area contributed by atoms with Gasteiger partial charge in [0, 0.05) is 0 Å². The molecule has 5 aromatic rings. The first-order valence-electron chi connectivity index (χ1n) is 17.1. The van der Waals surface area contributed by atoms with Crippen LogP contribution in [0.2, 0.25) is 0 Å². The quantitative estimate of drug-likeness (QED) is 0.119. The molecule has 0 heterocycles. The van der Waals surface area contributed by atoms with Gasteiger partial charge in [-0.1, -0.05) is 88.5 Å². The molecule has 6 heteroatoms. The van der Waals surface area contributed by atoms with Crippen LogP contribution in [0.4, 0.5) is 0 Å². The van der Waals surface area contributed by atoms with Crippen molar-refractivity contribution in [1.29, 1.82) is 0 Å². The lowest BCUT2D eigenvalue weighted by Gasteiger charge is -2.48. The van der Waals surface area contributed by atoms with Gasteiger partial charge in [-0.2, -0.15) is 11.1 Å². The molecular formula is C43H51ClO2SSi2. The fraction of sp³-hybridized carbons (Fsp3) is 0.302. The molecule has 0 unspecified atom stereocenters. The number of halogens is 1. The summed E-state index contributed by atoms with van der Waals surface area (Å²) < 4.78 is 22.9. The first-order chi connectivity index (χ1) is 22.9. The van der Waals surface area contributed by atoms with Crippen molar-refractivity contribution in [3.05, 3.63) is 145 Å². The van der Waals surface area contributed by atoms with E-state index < -0.39 is 25.8 Å². The summed E-state index contributed by atoms with van der Waals surface area (Å²) in [5.74, 6) is 0. The van der Waals surface area contributed by atoms with Crippen LogP contribution in [0.25, 0.3) is 0 Å². The maximum atomic E-state index is 15.1. The summed E-state index contributed by atoms with van der Waals surface area (Å²) in [6.07, 6.45) is 0. The summed E-state index contributed by atoms with van der Waals surface area (Å²) in [5, 5.41) is 4.60. The lowest BCUT2D eigenvalue weighted by Crippen LogP contribution is -2.87. The Balaban J connectivity index is 2.16. The molecule has 0 amide bonds. The molecule has 1 atom stereocenters. The lowest BCUT2D eigenvalue weighted by molar-refractivity contribution is 0.577. The largest absolute Gasteiger partial charge is 0.321 e. The van der Waals surface area contributed by atoms with Gasteiger partial charge in [0.15, 0.2) is 11.1 Å². The zero-order chi connectivity index (χ0) is 36.2. The molecule has 0 spiro atoms. The van der Waals surface area contributed by atoms with Gasteiger partial charge >= 0.3 is 0 Å². The Morgan fingerprint density at radius 3 is 0.980 bits per heavy atom. The normalized spacial score (nSPS) is 12.8. The number of benzene rings is 5. The van der Waals surface area contributed by atoms with E-state index in [1.54, 1.807) is 0 Å². The van der Waals surface area contributed by atoms with Crippen molar-refractivity contribution in [2.75, 3.05) is 0 Å². The Labute approximate surface area is 304 Å². The van der Waals surface area contributed by atoms with E-state index in [0.29, 0.717) is 4.90 Å². The molecule has 0 aliphatic heterocycles. The van der Waals surface area contributed by atoms with Crippen molar-refractivity contribution in [3.8, 4) is 0 Å². The number of hydrogen-bond donors (Lipinski definition) is 0. The molecule has 0 saturated heterocycles. The minimum absolute atomic E-state index is 0.648. The Morgan fingerprint density at radius 1 is 0.429 bits per heavy atom. The molecular weight excluding hydrogens is 672 g/mol. The third kappa shape index (κ3) is 6.49. The summed E-state index contributed by atoms with van der Waals surface area (Å²) in [7, 11) is -3.82. The van der Waals surface area contributed by atoms with Crippen molar-refractivity contribution in [2.45, 2.75) is 94.9 Å². The summed E-state index contributed by atoms with van der Waals surface area (Å²) in [6, 6.07) is 26.0. The van der Waals surface area contributed by atoms with Gasteiger partial charge in [0.05, 0.1) is 4.90 Å². The van der Waals surface area contributed by atoms with Crippen LogP contribution in [0, 0.1) is 90.0 Å². The van der Waals surface area contributed by atoms with Gasteiger partial charge in [-0.3, -0.25) is 0 Å². The van der Waals surface area contributed by atoms with E-state index in [1.807, 2.05) is 31.2 Å². The van der Waals surface area contributed by atoms with Gasteiger partial charge in [-0.15, -0.1) is 0 Å². The topological polar surface area (TPSA) is 26.3 Å². The van der Waals surface area contributed by atoms with Crippen molar-refractivity contribution in [2.24, 2.45) is 0 Å². The minimum Gasteiger partial charge on any atom is -0.321 e. The van der Waals surface area contributed by atoms with E-state index in [-0.39, 0.29) is 0 Å². The van der Waals surface area contributed by atoms with Crippen LogP contribution in [0.1, 0.15) is 72.3 Å². The Morgan fingerprint density at radius 2 is 0.694 bits per heavy atom. The highest BCUT2D eigenvalue weighted by atomic mass is 35.6. The van der Waals surface area contributed by atoms with Crippen LogP contribution < -0.4 is 20.7 Å². The van der Waals surface area contributed by atoms with Gasteiger partial charge in [0.25, 0.3) is 7.83 Å². The van der Waals surface area contributed by atoms with Crippen molar-refractivity contribution in [3.63, 3.8) is 0 Å². The van der Waals surface area contributed by atoms with Crippen molar-refractivity contribution in [1.82, 2.24) is 0 Å². The summed E-state index contributed by atoms with van der Waals surface area (Å²) >= 11 is 7.25. The second-order valence-corrected chi connectivity index (χ2v) is 27.9. The third-order valence-corrected chi connectivity index (χ3v) is 29.4. The van der Waals surface area contributed by atoms with Gasteiger partial charge < -0.3 is 3.87 Å². The molecule has 0 aliphatic rings. The second-order valence-electron chi connectivity index (χ2n) is 14.6. The number of hydrogen-bond acceptors (Lipinski definition) is 2. The minimum atomic E-state index is -3.82. The molecule has 0 fully saturated rings. The van der Waals surface area contributed by atoms with E-state index in [9.17, 15) is 0 Å². The Hall–Kier alpha value is -3.07. The highest BCUT2D eigenvalue weighted by Gasteiger charge is 2.66. The molecule has 0 aliphatic carbocycles. The van der Waals surface area contributed by atoms with Crippen LogP contribution in [0.5, 0.6) is 0 Å². The average molecular weight is 724 g/mol. The third-order valence-electron chi connectivity index (χ3n) is 10.0. The number of rotatable bonds is 8. The Kier molecular flexibility index (Phi) is 10.6. The molecule has 0 bridgehead atoms. The van der Waals surface area contributed by atoms with Crippen LogP contribution >= 0.6 is 11.1 Å². The molecule has 0 saturated carbocycles. The zero-order valence-corrected chi connectivity index (χ0v) is 35.1. The average Bonchev–Trinajstić information content (AvgIpc) is 2.95. The zero-order valence-electron chi connectivity index (χ0n) is 31.5. The fourth-order valence-corrected chi connectivity index (χ4v) is 33.4. The number of aryl methyl sites for hydroxylation is 13. The van der Waals surface area contributed by atoms with Gasteiger partial charge in [0.2, 0.25) is 6.90 Å². The summed E-state index contributed by atoms with van der Waals surface area (Å²) in [4.78, 5) is 0.648. The molecule has 2 nitrogen and oxygen atoms in total. The van der Waals surface area contributed by atoms with Crippen molar-refractivity contribution >= 4 is 57.6 Å². The van der Waals surface area contributed by atoms with E-state index >= 15 is 4.21 Å². The van der Waals surface area contributed by atoms with Crippen LogP contribution in [0.15, 0.2) is 77.7 Å². The van der Waals surface area contributed by atoms with Crippen molar-refractivity contribution < 1.29 is 8.08 Å². The van der Waals surface area contributed by atoms with Crippen LogP contribution in [-0.2, 0) is 15.0 Å². The van der Waals surface area contributed by atoms with E-state index in [1.165, 1.54) is 32.6 Å². The SMILES string of the molecule is Cc1ccc([S@](=O)O[Si](c2c(C)cc(C)cc2C)(c2c(C)cc(C)cc2C)[Si](Cl)(c2c(C)cc(C)cc2C)c2c(C)cc(C)cc2C)cc1. The smallest absolute Gasteiger partial charge is 0.290 e. The first kappa shape index (κ1) is 37.2. The Bertz CT molecular complexity index is 1910. The second kappa shape index (κ2) is 13.9. The molecule has 0 N–H and O–H groups in total. The monoisotopic (exact) mass is 722 g/mol. The fourth-order valence-electron chi connectivity index (χ4n) is 8.82. The predicted octanol–water partition coefficient (Wildman–Crippen LogP) is 8.57. The highest BCUT2D eigenvalue weighted by Crippen LogP contribution is 2.35. The standard InChI is InChI=1S/C43H51ClO2SSi2/c1-26-14-16-39(17-15-26)47(45)46-49(42-35(10)22-29(4)23-36(42)11,43-37(12)24-30(5)25-38(43)13)48(44,40-31(6)18-27(2)19-32(40)7)41-33(8)20-28(3)21-34(41)9/h14-25H,1-13H3/t47-/m1/s1. The van der Waals surface area contributed by atoms with Crippen LogP contribution in [-0.4, -0.2) is 18.9 Å². The highest BCUT2D eigenvalue weighted by molar-refractivity contribution is 7.85. The predicted molar refractivity (Wildman–Crippen MR) is 217 cm³/mol. The first-order valence-corrected chi connectivity index (χ1v) is 24.1. The van der Waals surface area contributed by atoms with E-state index in [0.717, 1.165) is 60.4 Å². The maximum absolute atomic E-state index is 15.1. The molecule has 49 heavy (non-hydrogen) atoms. The van der Waals surface area contributed by atoms with Gasteiger partial charge in [-0.25, -0.2) is 4.21 Å². The molecule has 0 radical (unpaired) electrons. The maximum Gasteiger partial charge on any atom is 0.290 e. The molecule has 256 valence electrons. The van der Waals surface area contributed by atoms with Gasteiger partial charge in [-0.05, 0) is 167 Å². The summed E-state index contributed by atoms with van der Waals surface area (Å²) in [5.41, 5.74) is 15.0. The summed E-state index contributed by atoms with van der Waals surface area (Å²) in [6.45, 7) is 24.6. The van der Waals surface area contributed by atoms with Crippen LogP contribution in [0.3, 0.4) is 0 Å². The van der Waals surface area contributed by atoms with E-state index in [4.69, 9.17) is 15.0 Å². The lowest BCUT2D eigenvalue weighted by atomic mass is 10.1. The van der Waals surface area contributed by atoms with Gasteiger partial charge in [0.1, 0.15) is 0 Å². The molecule has 5 rings (SSSR count).